The Morgan fingerprint density at radius 2 is 1.46 bits per heavy atom. The number of carbonyl (C=O) groups is 2. The van der Waals surface area contributed by atoms with Crippen molar-refractivity contribution in [2.24, 2.45) is 5.92 Å². The number of ether oxygens (including phenoxy) is 3. The average Bonchev–Trinajstić information content (AvgIpc) is 3.35. The van der Waals surface area contributed by atoms with Gasteiger partial charge in [-0.1, -0.05) is 71.9 Å². The number of esters is 1. The fourth-order valence-electron chi connectivity index (χ4n) is 5.38. The summed E-state index contributed by atoms with van der Waals surface area (Å²) in [5.74, 6) is 0.957. The van der Waals surface area contributed by atoms with Gasteiger partial charge in [0.25, 0.3) is 5.91 Å². The summed E-state index contributed by atoms with van der Waals surface area (Å²) in [5.41, 5.74) is 4.99. The second kappa shape index (κ2) is 13.2. The van der Waals surface area contributed by atoms with Gasteiger partial charge in [0, 0.05) is 11.6 Å². The lowest BCUT2D eigenvalue weighted by atomic mass is 9.83. The Kier molecular flexibility index (Phi) is 10.2. The quantitative estimate of drug-likeness (QED) is 0.245. The van der Waals surface area contributed by atoms with E-state index in [9.17, 15) is 9.59 Å². The number of benzene rings is 2. The summed E-state index contributed by atoms with van der Waals surface area (Å²) < 4.78 is 16.3. The van der Waals surface area contributed by atoms with Crippen molar-refractivity contribution in [3.8, 4) is 11.5 Å². The molecule has 0 bridgehead atoms. The molecule has 6 heteroatoms. The highest BCUT2D eigenvalue weighted by molar-refractivity contribution is 5.98. The van der Waals surface area contributed by atoms with Crippen LogP contribution in [-0.4, -0.2) is 38.7 Å². The van der Waals surface area contributed by atoms with Gasteiger partial charge in [0.1, 0.15) is 0 Å². The van der Waals surface area contributed by atoms with Gasteiger partial charge in [-0.2, -0.15) is 0 Å². The monoisotopic (exact) mass is 535 g/mol. The molecule has 1 amide bonds. The molecule has 6 nitrogen and oxygen atoms in total. The van der Waals surface area contributed by atoms with E-state index in [0.717, 1.165) is 22.3 Å². The van der Waals surface area contributed by atoms with Gasteiger partial charge >= 0.3 is 5.97 Å². The number of hydrogen-bond acceptors (Lipinski definition) is 5. The molecule has 3 rings (SSSR count). The van der Waals surface area contributed by atoms with Gasteiger partial charge in [-0.3, -0.25) is 9.59 Å². The molecule has 0 spiro atoms. The topological polar surface area (TPSA) is 73.9 Å². The number of carbonyl (C=O) groups excluding carboxylic acids is 2. The van der Waals surface area contributed by atoms with Crippen LogP contribution in [0.25, 0.3) is 0 Å². The zero-order valence-corrected chi connectivity index (χ0v) is 25.0. The molecule has 0 saturated heterocycles. The van der Waals surface area contributed by atoms with E-state index in [2.05, 4.69) is 59.0 Å². The SMILES string of the molecule is CCOC(=O)[C@H](c1ccc(OC)c(OC)c1)[C@@H]1C=C[C@@H](NC(=O)c2c(C(C)C)cc(C(C)C)cc2C(C)C)C1. The molecule has 0 aliphatic heterocycles. The molecule has 1 aliphatic rings. The fourth-order valence-corrected chi connectivity index (χ4v) is 5.38. The summed E-state index contributed by atoms with van der Waals surface area (Å²) >= 11 is 0. The third-order valence-electron chi connectivity index (χ3n) is 7.53. The first-order chi connectivity index (χ1) is 18.5. The van der Waals surface area contributed by atoms with Gasteiger partial charge in [-0.25, -0.2) is 0 Å². The van der Waals surface area contributed by atoms with E-state index < -0.39 is 5.92 Å². The number of hydrogen-bond donors (Lipinski definition) is 1. The van der Waals surface area contributed by atoms with Gasteiger partial charge in [0.05, 0.1) is 26.7 Å². The summed E-state index contributed by atoms with van der Waals surface area (Å²) in [5, 5.41) is 3.26. The van der Waals surface area contributed by atoms with Crippen LogP contribution in [-0.2, 0) is 9.53 Å². The van der Waals surface area contributed by atoms with E-state index in [1.54, 1.807) is 27.2 Å². The lowest BCUT2D eigenvalue weighted by Crippen LogP contribution is -2.35. The van der Waals surface area contributed by atoms with Crippen LogP contribution in [0.5, 0.6) is 11.5 Å². The molecule has 2 aromatic carbocycles. The van der Waals surface area contributed by atoms with Crippen molar-refractivity contribution in [3.63, 3.8) is 0 Å². The van der Waals surface area contributed by atoms with Crippen molar-refractivity contribution in [1.82, 2.24) is 5.32 Å². The second-order valence-corrected chi connectivity index (χ2v) is 11.2. The summed E-state index contributed by atoms with van der Waals surface area (Å²) in [6.07, 6.45) is 4.63. The molecule has 0 aromatic heterocycles. The standard InChI is InChI=1S/C33H45NO5/c1-10-39-33(36)30(23-12-14-28(37-8)29(18-23)38-9)22-11-13-25(15-22)34-32(35)31-26(20(4)5)16-24(19(2)3)17-27(31)21(6)7/h11-14,16-22,25,30H,10,15H2,1-9H3,(H,34,35)/t22-,25-,30+/m1/s1. The highest BCUT2D eigenvalue weighted by Gasteiger charge is 2.35. The molecule has 0 unspecified atom stereocenters. The average molecular weight is 536 g/mol. The Balaban J connectivity index is 1.89. The Morgan fingerprint density at radius 1 is 0.846 bits per heavy atom. The number of amides is 1. The smallest absolute Gasteiger partial charge is 0.314 e. The van der Waals surface area contributed by atoms with Crippen molar-refractivity contribution in [2.75, 3.05) is 20.8 Å². The van der Waals surface area contributed by atoms with Gasteiger partial charge in [0.2, 0.25) is 0 Å². The van der Waals surface area contributed by atoms with Gasteiger partial charge in [-0.15, -0.1) is 0 Å². The predicted octanol–water partition coefficient (Wildman–Crippen LogP) is 7.10. The number of nitrogens with one attached hydrogen (secondary N) is 1. The Morgan fingerprint density at radius 3 is 1.97 bits per heavy atom. The van der Waals surface area contributed by atoms with Crippen LogP contribution < -0.4 is 14.8 Å². The summed E-state index contributed by atoms with van der Waals surface area (Å²) in [6.45, 7) is 15.0. The first-order valence-corrected chi connectivity index (χ1v) is 14.1. The second-order valence-electron chi connectivity index (χ2n) is 11.2. The maximum Gasteiger partial charge on any atom is 0.314 e. The molecule has 1 N–H and O–H groups in total. The molecule has 0 fully saturated rings. The van der Waals surface area contributed by atoms with E-state index >= 15 is 0 Å². The molecular formula is C33H45NO5. The number of allylic oxidation sites excluding steroid dienone is 1. The highest BCUT2D eigenvalue weighted by Crippen LogP contribution is 2.39. The van der Waals surface area contributed by atoms with Crippen LogP contribution in [0.2, 0.25) is 0 Å². The van der Waals surface area contributed by atoms with Crippen LogP contribution >= 0.6 is 0 Å². The molecule has 212 valence electrons. The lowest BCUT2D eigenvalue weighted by molar-refractivity contribution is -0.146. The Bertz CT molecular complexity index is 1170. The van der Waals surface area contributed by atoms with Gasteiger partial charge in [0.15, 0.2) is 11.5 Å². The molecule has 39 heavy (non-hydrogen) atoms. The minimum Gasteiger partial charge on any atom is -0.493 e. The largest absolute Gasteiger partial charge is 0.493 e. The van der Waals surface area contributed by atoms with Gasteiger partial charge in [-0.05, 0) is 71.4 Å². The number of methoxy groups -OCH3 is 2. The molecule has 0 saturated carbocycles. The molecule has 1 aliphatic carbocycles. The molecule has 0 radical (unpaired) electrons. The van der Waals surface area contributed by atoms with E-state index in [4.69, 9.17) is 14.2 Å². The highest BCUT2D eigenvalue weighted by atomic mass is 16.5. The summed E-state index contributed by atoms with van der Waals surface area (Å²) in [7, 11) is 3.16. The maximum atomic E-state index is 13.8. The zero-order chi connectivity index (χ0) is 28.9. The lowest BCUT2D eigenvalue weighted by Gasteiger charge is -2.25. The van der Waals surface area contributed by atoms with Crippen molar-refractivity contribution in [3.05, 3.63) is 70.3 Å². The molecule has 0 heterocycles. The first-order valence-electron chi connectivity index (χ1n) is 14.1. The fraction of sp³-hybridized carbons (Fsp3) is 0.515. The van der Waals surface area contributed by atoms with E-state index in [-0.39, 0.29) is 35.7 Å². The third kappa shape index (κ3) is 6.84. The van der Waals surface area contributed by atoms with Gasteiger partial charge < -0.3 is 19.5 Å². The first kappa shape index (κ1) is 30.3. The van der Waals surface area contributed by atoms with Crippen LogP contribution in [0, 0.1) is 5.92 Å². The normalized spacial score (nSPS) is 17.5. The van der Waals surface area contributed by atoms with Crippen LogP contribution in [0.4, 0.5) is 0 Å². The van der Waals surface area contributed by atoms with Crippen LogP contribution in [0.3, 0.4) is 0 Å². The van der Waals surface area contributed by atoms with Crippen molar-refractivity contribution in [2.45, 2.75) is 84.6 Å². The van der Waals surface area contributed by atoms with Crippen LogP contribution in [0.15, 0.2) is 42.5 Å². The molecule has 3 atom stereocenters. The zero-order valence-electron chi connectivity index (χ0n) is 25.0. The Labute approximate surface area is 234 Å². The van der Waals surface area contributed by atoms with Crippen molar-refractivity contribution >= 4 is 11.9 Å². The summed E-state index contributed by atoms with van der Waals surface area (Å²) in [6, 6.07) is 9.71. The van der Waals surface area contributed by atoms with Crippen molar-refractivity contribution < 1.29 is 23.8 Å². The molecule has 2 aromatic rings. The minimum absolute atomic E-state index is 0.0631. The predicted molar refractivity (Wildman–Crippen MR) is 156 cm³/mol. The van der Waals surface area contributed by atoms with E-state index in [1.165, 1.54) is 5.56 Å². The summed E-state index contributed by atoms with van der Waals surface area (Å²) in [4.78, 5) is 26.9. The van der Waals surface area contributed by atoms with Crippen molar-refractivity contribution in [1.29, 1.82) is 0 Å². The molecular weight excluding hydrogens is 490 g/mol. The maximum absolute atomic E-state index is 13.8. The minimum atomic E-state index is -0.523. The Hall–Kier alpha value is -3.28. The van der Waals surface area contributed by atoms with E-state index in [1.807, 2.05) is 24.3 Å². The van der Waals surface area contributed by atoms with E-state index in [0.29, 0.717) is 30.4 Å². The number of rotatable bonds is 11. The third-order valence-corrected chi connectivity index (χ3v) is 7.53. The van der Waals surface area contributed by atoms with Crippen LogP contribution in [0.1, 0.15) is 111 Å².